The number of nitrogens with one attached hydrogen (secondary N) is 1. The summed E-state index contributed by atoms with van der Waals surface area (Å²) >= 11 is 0. The SMILES string of the molecule is CNC(C(=O)N1CCC(C)(c2ccccc2)C1)c1cnn(C)c1.Cl. The van der Waals surface area contributed by atoms with Gasteiger partial charge >= 0.3 is 0 Å². The van der Waals surface area contributed by atoms with Crippen LogP contribution in [0.1, 0.15) is 30.5 Å². The highest BCUT2D eigenvalue weighted by Gasteiger charge is 2.39. The van der Waals surface area contributed by atoms with E-state index in [4.69, 9.17) is 0 Å². The van der Waals surface area contributed by atoms with E-state index in [1.165, 1.54) is 5.56 Å². The highest BCUT2D eigenvalue weighted by Crippen LogP contribution is 2.35. The first-order valence-corrected chi connectivity index (χ1v) is 8.03. The summed E-state index contributed by atoms with van der Waals surface area (Å²) in [4.78, 5) is 14.9. The molecule has 0 aliphatic carbocycles. The maximum atomic E-state index is 12.9. The van der Waals surface area contributed by atoms with E-state index >= 15 is 0 Å². The van der Waals surface area contributed by atoms with E-state index in [2.05, 4.69) is 41.6 Å². The lowest BCUT2D eigenvalue weighted by Crippen LogP contribution is -2.40. The van der Waals surface area contributed by atoms with E-state index in [1.54, 1.807) is 10.9 Å². The summed E-state index contributed by atoms with van der Waals surface area (Å²) < 4.78 is 1.73. The molecule has 2 heterocycles. The third kappa shape index (κ3) is 3.47. The number of likely N-dealkylation sites (N-methyl/N-ethyl adjacent to an activating group) is 1. The second-order valence-corrected chi connectivity index (χ2v) is 6.61. The molecule has 2 aromatic rings. The molecule has 1 aliphatic heterocycles. The zero-order valence-corrected chi connectivity index (χ0v) is 15.2. The molecule has 1 fully saturated rings. The van der Waals surface area contributed by atoms with Crippen LogP contribution in [0.2, 0.25) is 0 Å². The number of carbonyl (C=O) groups is 1. The van der Waals surface area contributed by atoms with Crippen molar-refractivity contribution in [1.29, 1.82) is 0 Å². The van der Waals surface area contributed by atoms with E-state index in [0.29, 0.717) is 0 Å². The number of aromatic nitrogens is 2. The summed E-state index contributed by atoms with van der Waals surface area (Å²) in [5, 5.41) is 7.31. The maximum Gasteiger partial charge on any atom is 0.244 e. The number of carbonyl (C=O) groups excluding carboxylic acids is 1. The molecule has 0 spiro atoms. The standard InChI is InChI=1S/C18H24N4O.ClH/c1-18(15-7-5-4-6-8-15)9-10-22(13-18)17(23)16(19-2)14-11-20-21(3)12-14;/h4-8,11-12,16,19H,9-10,13H2,1-3H3;1H. The number of aryl methyl sites for hydroxylation is 1. The second-order valence-electron chi connectivity index (χ2n) is 6.61. The Balaban J connectivity index is 0.00000208. The molecule has 1 N–H and O–H groups in total. The van der Waals surface area contributed by atoms with Crippen LogP contribution < -0.4 is 5.32 Å². The monoisotopic (exact) mass is 348 g/mol. The van der Waals surface area contributed by atoms with Crippen LogP contribution >= 0.6 is 12.4 Å². The lowest BCUT2D eigenvalue weighted by Gasteiger charge is -2.27. The molecule has 0 radical (unpaired) electrons. The molecule has 0 saturated carbocycles. The summed E-state index contributed by atoms with van der Waals surface area (Å²) in [6, 6.07) is 10.1. The molecule has 2 unspecified atom stereocenters. The Morgan fingerprint density at radius 1 is 1.33 bits per heavy atom. The summed E-state index contributed by atoms with van der Waals surface area (Å²) in [5.41, 5.74) is 2.25. The van der Waals surface area contributed by atoms with E-state index < -0.39 is 0 Å². The van der Waals surface area contributed by atoms with Crippen molar-refractivity contribution < 1.29 is 4.79 Å². The van der Waals surface area contributed by atoms with Gasteiger partial charge in [-0.25, -0.2) is 0 Å². The van der Waals surface area contributed by atoms with Gasteiger partial charge in [0.15, 0.2) is 0 Å². The van der Waals surface area contributed by atoms with Gasteiger partial charge in [-0.2, -0.15) is 5.10 Å². The van der Waals surface area contributed by atoms with Crippen molar-refractivity contribution in [1.82, 2.24) is 20.0 Å². The Labute approximate surface area is 149 Å². The van der Waals surface area contributed by atoms with Crippen molar-refractivity contribution in [3.05, 3.63) is 53.9 Å². The molecular formula is C18H25ClN4O. The highest BCUT2D eigenvalue weighted by atomic mass is 35.5. The topological polar surface area (TPSA) is 50.2 Å². The molecule has 1 aliphatic rings. The van der Waals surface area contributed by atoms with Gasteiger partial charge in [-0.1, -0.05) is 37.3 Å². The van der Waals surface area contributed by atoms with Crippen LogP contribution in [-0.4, -0.2) is 40.7 Å². The molecule has 24 heavy (non-hydrogen) atoms. The first-order chi connectivity index (χ1) is 11.0. The largest absolute Gasteiger partial charge is 0.340 e. The Bertz CT molecular complexity index is 687. The molecule has 0 bridgehead atoms. The average Bonchev–Trinajstić information content (AvgIpc) is 3.16. The fourth-order valence-electron chi connectivity index (χ4n) is 3.43. The van der Waals surface area contributed by atoms with Crippen LogP contribution in [-0.2, 0) is 17.3 Å². The second kappa shape index (κ2) is 7.36. The van der Waals surface area contributed by atoms with Gasteiger partial charge in [0.2, 0.25) is 5.91 Å². The normalized spacial score (nSPS) is 21.4. The zero-order chi connectivity index (χ0) is 16.4. The predicted octanol–water partition coefficient (Wildman–Crippen LogP) is 2.29. The summed E-state index contributed by atoms with van der Waals surface area (Å²) in [6.45, 7) is 3.80. The van der Waals surface area contributed by atoms with Crippen LogP contribution in [0, 0.1) is 0 Å². The van der Waals surface area contributed by atoms with Crippen LogP contribution in [0.5, 0.6) is 0 Å². The smallest absolute Gasteiger partial charge is 0.244 e. The molecule has 2 atom stereocenters. The van der Waals surface area contributed by atoms with Gasteiger partial charge in [-0.05, 0) is 19.0 Å². The predicted molar refractivity (Wildman–Crippen MR) is 97.2 cm³/mol. The Kier molecular flexibility index (Phi) is 5.67. The van der Waals surface area contributed by atoms with Crippen molar-refractivity contribution in [3.8, 4) is 0 Å². The minimum Gasteiger partial charge on any atom is -0.340 e. The molecule has 1 aromatic heterocycles. The van der Waals surface area contributed by atoms with Crippen molar-refractivity contribution in [3.63, 3.8) is 0 Å². The number of likely N-dealkylation sites (tertiary alicyclic amines) is 1. The van der Waals surface area contributed by atoms with Gasteiger partial charge in [-0.15, -0.1) is 12.4 Å². The molecule has 3 rings (SSSR count). The molecule has 1 saturated heterocycles. The summed E-state index contributed by atoms with van der Waals surface area (Å²) in [5.74, 6) is 0.125. The third-order valence-electron chi connectivity index (χ3n) is 4.85. The number of nitrogens with zero attached hydrogens (tertiary/aromatic N) is 3. The number of rotatable bonds is 4. The van der Waals surface area contributed by atoms with Gasteiger partial charge in [-0.3, -0.25) is 9.48 Å². The molecule has 5 nitrogen and oxygen atoms in total. The Morgan fingerprint density at radius 2 is 2.04 bits per heavy atom. The maximum absolute atomic E-state index is 12.9. The van der Waals surface area contributed by atoms with E-state index in [-0.39, 0.29) is 29.8 Å². The molecule has 1 aromatic carbocycles. The summed E-state index contributed by atoms with van der Waals surface area (Å²) in [6.07, 6.45) is 4.64. The Hall–Kier alpha value is -1.85. The van der Waals surface area contributed by atoms with Crippen molar-refractivity contribution >= 4 is 18.3 Å². The van der Waals surface area contributed by atoms with Crippen molar-refractivity contribution in [2.45, 2.75) is 24.8 Å². The summed E-state index contributed by atoms with van der Waals surface area (Å²) in [7, 11) is 3.69. The first kappa shape index (κ1) is 18.5. The fraction of sp³-hybridized carbons (Fsp3) is 0.444. The molecule has 130 valence electrons. The number of hydrogen-bond acceptors (Lipinski definition) is 3. The fourth-order valence-corrected chi connectivity index (χ4v) is 3.43. The molecule has 6 heteroatoms. The van der Waals surface area contributed by atoms with Crippen LogP contribution in [0.15, 0.2) is 42.7 Å². The average molecular weight is 349 g/mol. The number of hydrogen-bond donors (Lipinski definition) is 1. The van der Waals surface area contributed by atoms with E-state index in [9.17, 15) is 4.79 Å². The third-order valence-corrected chi connectivity index (χ3v) is 4.85. The minimum absolute atomic E-state index is 0. The quantitative estimate of drug-likeness (QED) is 0.922. The Morgan fingerprint density at radius 3 is 2.62 bits per heavy atom. The lowest BCUT2D eigenvalue weighted by molar-refractivity contribution is -0.132. The van der Waals surface area contributed by atoms with Gasteiger partial charge < -0.3 is 10.2 Å². The lowest BCUT2D eigenvalue weighted by atomic mass is 9.82. The highest BCUT2D eigenvalue weighted by molar-refractivity contribution is 5.85. The van der Waals surface area contributed by atoms with Crippen LogP contribution in [0.3, 0.4) is 0 Å². The van der Waals surface area contributed by atoms with E-state index in [1.807, 2.05) is 31.3 Å². The van der Waals surface area contributed by atoms with Gasteiger partial charge in [0.05, 0.1) is 6.20 Å². The number of benzene rings is 1. The van der Waals surface area contributed by atoms with E-state index in [0.717, 1.165) is 25.1 Å². The van der Waals surface area contributed by atoms with Crippen LogP contribution in [0.4, 0.5) is 0 Å². The van der Waals surface area contributed by atoms with Gasteiger partial charge in [0, 0.05) is 37.3 Å². The van der Waals surface area contributed by atoms with Crippen molar-refractivity contribution in [2.24, 2.45) is 7.05 Å². The van der Waals surface area contributed by atoms with Crippen molar-refractivity contribution in [2.75, 3.05) is 20.1 Å². The van der Waals surface area contributed by atoms with Gasteiger partial charge in [0.1, 0.15) is 6.04 Å². The minimum atomic E-state index is -0.332. The molecule has 1 amide bonds. The molecular weight excluding hydrogens is 324 g/mol. The number of halogens is 1. The zero-order valence-electron chi connectivity index (χ0n) is 14.4. The number of amides is 1. The van der Waals surface area contributed by atoms with Gasteiger partial charge in [0.25, 0.3) is 0 Å². The van der Waals surface area contributed by atoms with Crippen LogP contribution in [0.25, 0.3) is 0 Å². The first-order valence-electron chi connectivity index (χ1n) is 8.03.